The molecule has 0 aliphatic rings. The van der Waals surface area contributed by atoms with Crippen LogP contribution in [0.25, 0.3) is 11.3 Å². The van der Waals surface area contributed by atoms with Gasteiger partial charge in [0.1, 0.15) is 5.69 Å². The highest BCUT2D eigenvalue weighted by molar-refractivity contribution is 5.83. The van der Waals surface area contributed by atoms with Crippen LogP contribution in [0.1, 0.15) is 16.1 Å². The minimum absolute atomic E-state index is 0.489. The van der Waals surface area contributed by atoms with Gasteiger partial charge >= 0.3 is 0 Å². The number of rotatable bonds is 2. The molecule has 0 N–H and O–H groups in total. The summed E-state index contributed by atoms with van der Waals surface area (Å²) in [4.78, 5) is 14.9. The van der Waals surface area contributed by atoms with Crippen LogP contribution in [0.4, 0.5) is 0 Å². The zero-order valence-corrected chi connectivity index (χ0v) is 8.77. The summed E-state index contributed by atoms with van der Waals surface area (Å²) in [6.45, 7) is 2.03. The summed E-state index contributed by atoms with van der Waals surface area (Å²) < 4.78 is 1.86. The van der Waals surface area contributed by atoms with Crippen molar-refractivity contribution in [1.29, 1.82) is 0 Å². The monoisotopic (exact) mass is 200 g/mol. The number of hydrogen-bond acceptors (Lipinski definition) is 2. The molecule has 1 aromatic carbocycles. The van der Waals surface area contributed by atoms with Crippen LogP contribution in [0, 0.1) is 6.92 Å². The van der Waals surface area contributed by atoms with Crippen molar-refractivity contribution in [2.45, 2.75) is 6.92 Å². The van der Waals surface area contributed by atoms with E-state index < -0.39 is 0 Å². The summed E-state index contributed by atoms with van der Waals surface area (Å²) in [5.41, 5.74) is 3.56. The number of aryl methyl sites for hydroxylation is 2. The smallest absolute Gasteiger partial charge is 0.170 e. The minimum atomic E-state index is 0.489. The molecule has 0 fully saturated rings. The third-order valence-electron chi connectivity index (χ3n) is 2.37. The van der Waals surface area contributed by atoms with Crippen molar-refractivity contribution in [3.8, 4) is 11.3 Å². The lowest BCUT2D eigenvalue weighted by Gasteiger charge is -2.04. The molecule has 76 valence electrons. The van der Waals surface area contributed by atoms with E-state index in [0.717, 1.165) is 17.5 Å². The Balaban J connectivity index is 2.62. The van der Waals surface area contributed by atoms with Gasteiger partial charge in [-0.3, -0.25) is 4.79 Å². The number of nitrogens with zero attached hydrogens (tertiary/aromatic N) is 2. The Morgan fingerprint density at radius 3 is 2.87 bits per heavy atom. The molecule has 1 heterocycles. The number of benzene rings is 1. The van der Waals surface area contributed by atoms with Crippen molar-refractivity contribution in [3.05, 3.63) is 41.9 Å². The van der Waals surface area contributed by atoms with Gasteiger partial charge in [-0.25, -0.2) is 4.98 Å². The number of aldehydes is 1. The zero-order valence-electron chi connectivity index (χ0n) is 8.77. The van der Waals surface area contributed by atoms with Crippen LogP contribution >= 0.6 is 0 Å². The van der Waals surface area contributed by atoms with Crippen molar-refractivity contribution < 1.29 is 4.79 Å². The van der Waals surface area contributed by atoms with E-state index in [1.54, 1.807) is 6.33 Å². The van der Waals surface area contributed by atoms with Crippen molar-refractivity contribution in [2.75, 3.05) is 0 Å². The molecule has 0 aliphatic heterocycles. The van der Waals surface area contributed by atoms with Crippen molar-refractivity contribution in [2.24, 2.45) is 7.05 Å². The Labute approximate surface area is 88.4 Å². The molecule has 2 rings (SSSR count). The molecule has 3 heteroatoms. The predicted octanol–water partition coefficient (Wildman–Crippen LogP) is 2.21. The molecule has 0 spiro atoms. The third-order valence-corrected chi connectivity index (χ3v) is 2.37. The average Bonchev–Trinajstić information content (AvgIpc) is 2.59. The van der Waals surface area contributed by atoms with Gasteiger partial charge in [-0.05, 0) is 13.0 Å². The van der Waals surface area contributed by atoms with Crippen LogP contribution < -0.4 is 0 Å². The topological polar surface area (TPSA) is 34.9 Å². The van der Waals surface area contributed by atoms with Crippen molar-refractivity contribution in [3.63, 3.8) is 0 Å². The second-order valence-corrected chi connectivity index (χ2v) is 3.58. The Morgan fingerprint density at radius 1 is 1.40 bits per heavy atom. The molecule has 0 radical (unpaired) electrons. The summed E-state index contributed by atoms with van der Waals surface area (Å²) in [6, 6.07) is 8.04. The Hall–Kier alpha value is -1.90. The van der Waals surface area contributed by atoms with Gasteiger partial charge in [-0.2, -0.15) is 0 Å². The first kappa shape index (κ1) is 9.65. The van der Waals surface area contributed by atoms with Crippen LogP contribution in [0.3, 0.4) is 0 Å². The largest absolute Gasteiger partial charge is 0.333 e. The standard InChI is InChI=1S/C12H12N2O/c1-9-4-3-5-10(6-9)12-11(7-15)13-8-14(12)2/h3-8H,1-2H3. The highest BCUT2D eigenvalue weighted by Gasteiger charge is 2.09. The summed E-state index contributed by atoms with van der Waals surface area (Å²) in [6.07, 6.45) is 2.44. The molecule has 1 aromatic heterocycles. The third kappa shape index (κ3) is 1.68. The van der Waals surface area contributed by atoms with Gasteiger partial charge in [0, 0.05) is 12.6 Å². The maximum atomic E-state index is 10.8. The molecule has 15 heavy (non-hydrogen) atoms. The fourth-order valence-electron chi connectivity index (χ4n) is 1.68. The molecule has 2 aromatic rings. The first-order valence-corrected chi connectivity index (χ1v) is 4.76. The van der Waals surface area contributed by atoms with Gasteiger partial charge in [-0.1, -0.05) is 23.8 Å². The number of aromatic nitrogens is 2. The fraction of sp³-hybridized carbons (Fsp3) is 0.167. The van der Waals surface area contributed by atoms with E-state index in [0.29, 0.717) is 5.69 Å². The summed E-state index contributed by atoms with van der Waals surface area (Å²) in [5.74, 6) is 0. The van der Waals surface area contributed by atoms with Crippen LogP contribution in [0.15, 0.2) is 30.6 Å². The number of hydrogen-bond donors (Lipinski definition) is 0. The lowest BCUT2D eigenvalue weighted by Crippen LogP contribution is -1.93. The van der Waals surface area contributed by atoms with Gasteiger partial charge in [-0.15, -0.1) is 0 Å². The van der Waals surface area contributed by atoms with E-state index in [9.17, 15) is 4.79 Å². The molecule has 0 unspecified atom stereocenters. The van der Waals surface area contributed by atoms with Crippen LogP contribution in [-0.4, -0.2) is 15.8 Å². The highest BCUT2D eigenvalue weighted by atomic mass is 16.1. The number of imidazole rings is 1. The van der Waals surface area contributed by atoms with E-state index in [2.05, 4.69) is 4.98 Å². The predicted molar refractivity (Wildman–Crippen MR) is 58.8 cm³/mol. The molecular weight excluding hydrogens is 188 g/mol. The maximum Gasteiger partial charge on any atom is 0.170 e. The lowest BCUT2D eigenvalue weighted by atomic mass is 10.1. The Bertz CT molecular complexity index is 500. The normalized spacial score (nSPS) is 10.3. The Kier molecular flexibility index (Phi) is 2.37. The second-order valence-electron chi connectivity index (χ2n) is 3.58. The van der Waals surface area contributed by atoms with Crippen molar-refractivity contribution >= 4 is 6.29 Å². The summed E-state index contributed by atoms with van der Waals surface area (Å²) in [7, 11) is 1.89. The van der Waals surface area contributed by atoms with Crippen LogP contribution in [0.2, 0.25) is 0 Å². The molecule has 0 saturated carbocycles. The highest BCUT2D eigenvalue weighted by Crippen LogP contribution is 2.22. The fourth-order valence-corrected chi connectivity index (χ4v) is 1.68. The minimum Gasteiger partial charge on any atom is -0.333 e. The summed E-state index contributed by atoms with van der Waals surface area (Å²) >= 11 is 0. The van der Waals surface area contributed by atoms with E-state index in [4.69, 9.17) is 0 Å². The van der Waals surface area contributed by atoms with Gasteiger partial charge < -0.3 is 4.57 Å². The maximum absolute atomic E-state index is 10.8. The van der Waals surface area contributed by atoms with E-state index >= 15 is 0 Å². The molecule has 3 nitrogen and oxygen atoms in total. The van der Waals surface area contributed by atoms with Gasteiger partial charge in [0.15, 0.2) is 6.29 Å². The first-order chi connectivity index (χ1) is 7.22. The van der Waals surface area contributed by atoms with E-state index in [1.165, 1.54) is 5.56 Å². The van der Waals surface area contributed by atoms with Gasteiger partial charge in [0.2, 0.25) is 0 Å². The first-order valence-electron chi connectivity index (χ1n) is 4.76. The molecular formula is C12H12N2O. The number of carbonyl (C=O) groups excluding carboxylic acids is 1. The van der Waals surface area contributed by atoms with Gasteiger partial charge in [0.25, 0.3) is 0 Å². The van der Waals surface area contributed by atoms with E-state index in [1.807, 2.05) is 42.8 Å². The van der Waals surface area contributed by atoms with Crippen molar-refractivity contribution in [1.82, 2.24) is 9.55 Å². The van der Waals surface area contributed by atoms with E-state index in [-0.39, 0.29) is 0 Å². The molecule has 0 aliphatic carbocycles. The molecule has 0 bridgehead atoms. The SMILES string of the molecule is Cc1cccc(-c2c(C=O)ncn2C)c1. The zero-order chi connectivity index (χ0) is 10.8. The van der Waals surface area contributed by atoms with Crippen LogP contribution in [0.5, 0.6) is 0 Å². The lowest BCUT2D eigenvalue weighted by molar-refractivity contribution is 0.112. The summed E-state index contributed by atoms with van der Waals surface area (Å²) in [5, 5.41) is 0. The Morgan fingerprint density at radius 2 is 2.20 bits per heavy atom. The molecule has 0 amide bonds. The quantitative estimate of drug-likeness (QED) is 0.696. The average molecular weight is 200 g/mol. The molecule has 0 atom stereocenters. The second kappa shape index (κ2) is 3.69. The number of carbonyl (C=O) groups is 1. The van der Waals surface area contributed by atoms with Gasteiger partial charge in [0.05, 0.1) is 12.0 Å². The van der Waals surface area contributed by atoms with Crippen LogP contribution in [-0.2, 0) is 7.05 Å². The molecule has 0 saturated heterocycles.